The van der Waals surface area contributed by atoms with E-state index in [0.717, 1.165) is 43.4 Å². The molecule has 0 spiro atoms. The first-order valence-electron chi connectivity index (χ1n) is 7.66. The van der Waals surface area contributed by atoms with Crippen LogP contribution in [0.1, 0.15) is 60.9 Å². The zero-order chi connectivity index (χ0) is 14.5. The fraction of sp³-hybridized carbons (Fsp3) is 0.688. The van der Waals surface area contributed by atoms with Crippen molar-refractivity contribution in [2.45, 2.75) is 58.4 Å². The highest BCUT2D eigenvalue weighted by molar-refractivity contribution is 5.92. The molecule has 1 heterocycles. The van der Waals surface area contributed by atoms with Crippen molar-refractivity contribution in [3.05, 3.63) is 23.2 Å². The van der Waals surface area contributed by atoms with Gasteiger partial charge in [0.1, 0.15) is 5.76 Å². The third-order valence-corrected chi connectivity index (χ3v) is 4.28. The molecule has 1 aromatic rings. The molecule has 20 heavy (non-hydrogen) atoms. The van der Waals surface area contributed by atoms with Gasteiger partial charge in [0.15, 0.2) is 5.76 Å². The summed E-state index contributed by atoms with van der Waals surface area (Å²) in [6.45, 7) is 4.12. The molecule has 1 saturated carbocycles. The van der Waals surface area contributed by atoms with Gasteiger partial charge in [-0.15, -0.1) is 0 Å². The van der Waals surface area contributed by atoms with Crippen LogP contribution in [-0.4, -0.2) is 23.7 Å². The SMILES string of the molecule is CCc1oc(C(=O)NC2CCCCCC2CO)cc1C. The first kappa shape index (κ1) is 15.1. The molecule has 1 aliphatic carbocycles. The maximum atomic E-state index is 12.3. The molecular weight excluding hydrogens is 254 g/mol. The standard InChI is InChI=1S/C16H25NO3/c1-3-14-11(2)9-15(20-14)16(19)17-13-8-6-4-5-7-12(13)10-18/h9,12-13,18H,3-8,10H2,1-2H3,(H,17,19). The Morgan fingerprint density at radius 3 is 2.80 bits per heavy atom. The maximum absolute atomic E-state index is 12.3. The summed E-state index contributed by atoms with van der Waals surface area (Å²) >= 11 is 0. The van der Waals surface area contributed by atoms with Crippen LogP contribution in [0.25, 0.3) is 0 Å². The van der Waals surface area contributed by atoms with Crippen LogP contribution in [0.3, 0.4) is 0 Å². The predicted octanol–water partition coefficient (Wildman–Crippen LogP) is 2.82. The van der Waals surface area contributed by atoms with Gasteiger partial charge >= 0.3 is 0 Å². The van der Waals surface area contributed by atoms with Crippen molar-refractivity contribution in [3.63, 3.8) is 0 Å². The smallest absolute Gasteiger partial charge is 0.287 e. The van der Waals surface area contributed by atoms with E-state index in [1.165, 1.54) is 6.42 Å². The fourth-order valence-electron chi connectivity index (χ4n) is 3.02. The van der Waals surface area contributed by atoms with Gasteiger partial charge in [-0.3, -0.25) is 4.79 Å². The Balaban J connectivity index is 2.04. The van der Waals surface area contributed by atoms with Crippen LogP contribution in [0.5, 0.6) is 0 Å². The lowest BCUT2D eigenvalue weighted by Gasteiger charge is -2.23. The second kappa shape index (κ2) is 6.93. The van der Waals surface area contributed by atoms with Gasteiger partial charge in [-0.2, -0.15) is 0 Å². The van der Waals surface area contributed by atoms with Crippen molar-refractivity contribution in [1.29, 1.82) is 0 Å². The molecule has 0 bridgehead atoms. The number of carbonyl (C=O) groups excluding carboxylic acids is 1. The zero-order valence-electron chi connectivity index (χ0n) is 12.4. The van der Waals surface area contributed by atoms with Crippen molar-refractivity contribution in [2.24, 2.45) is 5.92 Å². The largest absolute Gasteiger partial charge is 0.456 e. The van der Waals surface area contributed by atoms with Gasteiger partial charge in [0.25, 0.3) is 5.91 Å². The number of amides is 1. The number of hydrogen-bond donors (Lipinski definition) is 2. The average Bonchev–Trinajstić information content (AvgIpc) is 2.68. The highest BCUT2D eigenvalue weighted by atomic mass is 16.4. The summed E-state index contributed by atoms with van der Waals surface area (Å²) in [4.78, 5) is 12.3. The maximum Gasteiger partial charge on any atom is 0.287 e. The molecule has 2 rings (SSSR count). The zero-order valence-corrected chi connectivity index (χ0v) is 12.4. The summed E-state index contributed by atoms with van der Waals surface area (Å²) in [5.74, 6) is 1.27. The van der Waals surface area contributed by atoms with Crippen LogP contribution in [0.15, 0.2) is 10.5 Å². The molecule has 0 radical (unpaired) electrons. The molecule has 1 aromatic heterocycles. The summed E-state index contributed by atoms with van der Waals surface area (Å²) in [5, 5.41) is 12.5. The van der Waals surface area contributed by atoms with Crippen LogP contribution in [0.4, 0.5) is 0 Å². The Hall–Kier alpha value is -1.29. The van der Waals surface area contributed by atoms with Crippen LogP contribution >= 0.6 is 0 Å². The number of furan rings is 1. The van der Waals surface area contributed by atoms with Crippen LogP contribution in [-0.2, 0) is 6.42 Å². The van der Waals surface area contributed by atoms with Crippen LogP contribution in [0.2, 0.25) is 0 Å². The van der Waals surface area contributed by atoms with Crippen molar-refractivity contribution >= 4 is 5.91 Å². The fourth-order valence-corrected chi connectivity index (χ4v) is 3.02. The number of hydrogen-bond acceptors (Lipinski definition) is 3. The molecule has 2 N–H and O–H groups in total. The number of aryl methyl sites for hydroxylation is 2. The van der Waals surface area contributed by atoms with Gasteiger partial charge in [0.05, 0.1) is 0 Å². The summed E-state index contributed by atoms with van der Waals surface area (Å²) in [6.07, 6.45) is 6.15. The molecule has 0 saturated heterocycles. The molecule has 2 atom stereocenters. The van der Waals surface area contributed by atoms with Gasteiger partial charge in [-0.1, -0.05) is 26.2 Å². The van der Waals surface area contributed by atoms with Gasteiger partial charge < -0.3 is 14.8 Å². The van der Waals surface area contributed by atoms with Crippen molar-refractivity contribution < 1.29 is 14.3 Å². The molecule has 112 valence electrons. The van der Waals surface area contributed by atoms with Gasteiger partial charge in [-0.05, 0) is 31.4 Å². The van der Waals surface area contributed by atoms with Crippen molar-refractivity contribution in [3.8, 4) is 0 Å². The summed E-state index contributed by atoms with van der Waals surface area (Å²) in [6, 6.07) is 1.87. The van der Waals surface area contributed by atoms with Crippen LogP contribution in [0, 0.1) is 12.8 Å². The minimum Gasteiger partial charge on any atom is -0.456 e. The molecule has 1 aliphatic rings. The molecule has 2 unspecified atom stereocenters. The molecule has 4 nitrogen and oxygen atoms in total. The minimum absolute atomic E-state index is 0.0606. The third kappa shape index (κ3) is 3.42. The second-order valence-electron chi connectivity index (χ2n) is 5.73. The molecule has 0 aliphatic heterocycles. The lowest BCUT2D eigenvalue weighted by Crippen LogP contribution is -2.41. The predicted molar refractivity (Wildman–Crippen MR) is 77.7 cm³/mol. The van der Waals surface area contributed by atoms with Crippen LogP contribution < -0.4 is 5.32 Å². The Morgan fingerprint density at radius 2 is 2.15 bits per heavy atom. The molecule has 4 heteroatoms. The Bertz CT molecular complexity index is 453. The lowest BCUT2D eigenvalue weighted by atomic mass is 9.95. The van der Waals surface area contributed by atoms with Gasteiger partial charge in [0.2, 0.25) is 0 Å². The molecule has 0 aromatic carbocycles. The van der Waals surface area contributed by atoms with E-state index >= 15 is 0 Å². The van der Waals surface area contributed by atoms with E-state index in [1.54, 1.807) is 6.07 Å². The average molecular weight is 279 g/mol. The van der Waals surface area contributed by atoms with E-state index in [-0.39, 0.29) is 24.5 Å². The van der Waals surface area contributed by atoms with Crippen molar-refractivity contribution in [1.82, 2.24) is 5.32 Å². The molecular formula is C16H25NO3. The first-order valence-corrected chi connectivity index (χ1v) is 7.66. The highest BCUT2D eigenvalue weighted by Gasteiger charge is 2.26. The topological polar surface area (TPSA) is 62.5 Å². The van der Waals surface area contributed by atoms with E-state index in [0.29, 0.717) is 5.76 Å². The lowest BCUT2D eigenvalue weighted by molar-refractivity contribution is 0.0870. The van der Waals surface area contributed by atoms with E-state index in [2.05, 4.69) is 5.32 Å². The van der Waals surface area contributed by atoms with E-state index in [4.69, 9.17) is 4.42 Å². The molecule has 1 amide bonds. The van der Waals surface area contributed by atoms with E-state index in [9.17, 15) is 9.90 Å². The number of carbonyl (C=O) groups is 1. The van der Waals surface area contributed by atoms with Gasteiger partial charge in [0, 0.05) is 25.0 Å². The third-order valence-electron chi connectivity index (χ3n) is 4.28. The monoisotopic (exact) mass is 279 g/mol. The number of aliphatic hydroxyl groups excluding tert-OH is 1. The van der Waals surface area contributed by atoms with E-state index in [1.807, 2.05) is 13.8 Å². The summed E-state index contributed by atoms with van der Waals surface area (Å²) in [7, 11) is 0. The Morgan fingerprint density at radius 1 is 1.40 bits per heavy atom. The first-order chi connectivity index (χ1) is 9.65. The normalized spacial score (nSPS) is 23.4. The highest BCUT2D eigenvalue weighted by Crippen LogP contribution is 2.24. The summed E-state index contributed by atoms with van der Waals surface area (Å²) < 4.78 is 5.59. The van der Waals surface area contributed by atoms with Crippen molar-refractivity contribution in [2.75, 3.05) is 6.61 Å². The number of nitrogens with one attached hydrogen (secondary N) is 1. The number of aliphatic hydroxyl groups is 1. The Labute approximate surface area is 120 Å². The van der Waals surface area contributed by atoms with Gasteiger partial charge in [-0.25, -0.2) is 0 Å². The summed E-state index contributed by atoms with van der Waals surface area (Å²) in [5.41, 5.74) is 1.03. The Kier molecular flexibility index (Phi) is 5.24. The quantitative estimate of drug-likeness (QED) is 0.833. The second-order valence-corrected chi connectivity index (χ2v) is 5.73. The minimum atomic E-state index is -0.154. The van der Waals surface area contributed by atoms with E-state index < -0.39 is 0 Å². The number of rotatable bonds is 4. The molecule has 1 fully saturated rings.